The predicted molar refractivity (Wildman–Crippen MR) is 110 cm³/mol. The molecule has 2 aromatic rings. The van der Waals surface area contributed by atoms with Gasteiger partial charge in [0, 0.05) is 41.0 Å². The lowest BCUT2D eigenvalue weighted by Crippen LogP contribution is -2.42. The number of nitrogens with zero attached hydrogens (tertiary/aromatic N) is 2. The number of amides is 1. The number of rotatable bonds is 6. The highest BCUT2D eigenvalue weighted by atomic mass is 35.5. The molecule has 1 heterocycles. The molecule has 0 unspecified atom stereocenters. The van der Waals surface area contributed by atoms with Gasteiger partial charge in [-0.1, -0.05) is 48.0 Å². The van der Waals surface area contributed by atoms with E-state index in [1.165, 1.54) is 6.07 Å². The largest absolute Gasteiger partial charge is 0.325 e. The smallest absolute Gasteiger partial charge is 0.237 e. The molecular weight excluding hydrogens is 383 g/mol. The van der Waals surface area contributed by atoms with E-state index in [0.717, 1.165) is 11.3 Å². The van der Waals surface area contributed by atoms with E-state index >= 15 is 0 Å². The molecule has 0 N–H and O–H groups in total. The van der Waals surface area contributed by atoms with E-state index in [9.17, 15) is 9.18 Å². The third kappa shape index (κ3) is 4.84. The van der Waals surface area contributed by atoms with Crippen LogP contribution in [-0.4, -0.2) is 40.6 Å². The van der Waals surface area contributed by atoms with Crippen LogP contribution in [0.2, 0.25) is 5.02 Å². The lowest BCUT2D eigenvalue weighted by atomic mass is 10.1. The molecule has 1 aliphatic rings. The molecule has 0 aromatic heterocycles. The molecule has 0 aliphatic carbocycles. The Hall–Kier alpha value is -1.56. The van der Waals surface area contributed by atoms with Crippen LogP contribution in [-0.2, 0) is 11.3 Å². The molecule has 1 fully saturated rings. The third-order valence-electron chi connectivity index (χ3n) is 4.78. The highest BCUT2D eigenvalue weighted by Crippen LogP contribution is 2.40. The number of hydrogen-bond acceptors (Lipinski definition) is 3. The van der Waals surface area contributed by atoms with Crippen molar-refractivity contribution in [1.29, 1.82) is 0 Å². The summed E-state index contributed by atoms with van der Waals surface area (Å²) in [5.74, 6) is 0.701. The van der Waals surface area contributed by atoms with Crippen molar-refractivity contribution in [1.82, 2.24) is 9.80 Å². The van der Waals surface area contributed by atoms with Crippen LogP contribution in [0.1, 0.15) is 30.3 Å². The van der Waals surface area contributed by atoms with Gasteiger partial charge in [0.15, 0.2) is 0 Å². The Labute approximate surface area is 169 Å². The van der Waals surface area contributed by atoms with Crippen LogP contribution in [0.15, 0.2) is 48.5 Å². The van der Waals surface area contributed by atoms with Crippen molar-refractivity contribution in [2.75, 3.05) is 18.8 Å². The monoisotopic (exact) mass is 406 g/mol. The molecule has 144 valence electrons. The average molecular weight is 407 g/mol. The van der Waals surface area contributed by atoms with Crippen molar-refractivity contribution in [3.05, 3.63) is 70.5 Å². The molecule has 1 saturated heterocycles. The van der Waals surface area contributed by atoms with Gasteiger partial charge in [0.1, 0.15) is 11.2 Å². The molecule has 0 bridgehead atoms. The molecule has 1 atom stereocenters. The topological polar surface area (TPSA) is 23.6 Å². The highest BCUT2D eigenvalue weighted by Gasteiger charge is 2.32. The van der Waals surface area contributed by atoms with E-state index in [1.807, 2.05) is 54.0 Å². The summed E-state index contributed by atoms with van der Waals surface area (Å²) < 4.78 is 14.0. The van der Waals surface area contributed by atoms with Crippen LogP contribution in [0.5, 0.6) is 0 Å². The molecule has 1 aliphatic heterocycles. The van der Waals surface area contributed by atoms with Gasteiger partial charge in [-0.2, -0.15) is 0 Å². The minimum atomic E-state index is -0.235. The minimum absolute atomic E-state index is 0.0509. The standard InChI is InChI=1S/C21H24ClFN2OS/c1-15(2)24(13-16-7-3-6-10-19(16)23)14-20(26)25-11-12-27-21(25)17-8-4-5-9-18(17)22/h3-10,15,21H,11-14H2,1-2H3/t21-/m0/s1. The van der Waals surface area contributed by atoms with Gasteiger partial charge >= 0.3 is 0 Å². The van der Waals surface area contributed by atoms with Crippen molar-refractivity contribution in [2.45, 2.75) is 31.8 Å². The summed E-state index contributed by atoms with van der Waals surface area (Å²) in [6.45, 7) is 5.42. The lowest BCUT2D eigenvalue weighted by molar-refractivity contribution is -0.133. The number of thioether (sulfide) groups is 1. The summed E-state index contributed by atoms with van der Waals surface area (Å²) in [6.07, 6.45) is 0. The van der Waals surface area contributed by atoms with E-state index in [-0.39, 0.29) is 29.7 Å². The fraction of sp³-hybridized carbons (Fsp3) is 0.381. The van der Waals surface area contributed by atoms with Gasteiger partial charge in [-0.05, 0) is 26.0 Å². The second-order valence-corrected chi connectivity index (χ2v) is 8.52. The molecule has 3 rings (SSSR count). The number of hydrogen-bond donors (Lipinski definition) is 0. The highest BCUT2D eigenvalue weighted by molar-refractivity contribution is 7.99. The number of benzene rings is 2. The Morgan fingerprint density at radius 2 is 1.96 bits per heavy atom. The van der Waals surface area contributed by atoms with Gasteiger partial charge in [0.25, 0.3) is 0 Å². The van der Waals surface area contributed by atoms with Gasteiger partial charge in [0.05, 0.1) is 6.54 Å². The van der Waals surface area contributed by atoms with E-state index in [2.05, 4.69) is 0 Å². The van der Waals surface area contributed by atoms with Crippen molar-refractivity contribution in [2.24, 2.45) is 0 Å². The van der Waals surface area contributed by atoms with Crippen molar-refractivity contribution in [3.63, 3.8) is 0 Å². The zero-order valence-electron chi connectivity index (χ0n) is 15.6. The summed E-state index contributed by atoms with van der Waals surface area (Å²) >= 11 is 8.08. The molecule has 3 nitrogen and oxygen atoms in total. The average Bonchev–Trinajstić information content (AvgIpc) is 3.12. The maximum atomic E-state index is 14.0. The van der Waals surface area contributed by atoms with Crippen molar-refractivity contribution < 1.29 is 9.18 Å². The fourth-order valence-corrected chi connectivity index (χ4v) is 4.81. The van der Waals surface area contributed by atoms with Gasteiger partial charge < -0.3 is 4.90 Å². The molecule has 2 aromatic carbocycles. The first-order valence-corrected chi connectivity index (χ1v) is 10.5. The molecule has 6 heteroatoms. The van der Waals surface area contributed by atoms with Crippen LogP contribution < -0.4 is 0 Å². The Balaban J connectivity index is 1.73. The van der Waals surface area contributed by atoms with Gasteiger partial charge in [-0.25, -0.2) is 4.39 Å². The van der Waals surface area contributed by atoms with Crippen LogP contribution in [0.25, 0.3) is 0 Å². The van der Waals surface area contributed by atoms with Crippen molar-refractivity contribution >= 4 is 29.3 Å². The summed E-state index contributed by atoms with van der Waals surface area (Å²) in [7, 11) is 0. The SMILES string of the molecule is CC(C)N(CC(=O)N1CCS[C@H]1c1ccccc1Cl)Cc1ccccc1F. The van der Waals surface area contributed by atoms with E-state index in [1.54, 1.807) is 23.9 Å². The Morgan fingerprint density at radius 3 is 2.67 bits per heavy atom. The minimum Gasteiger partial charge on any atom is -0.325 e. The zero-order chi connectivity index (χ0) is 19.4. The fourth-order valence-electron chi connectivity index (χ4n) is 3.19. The normalized spacial score (nSPS) is 17.1. The first-order valence-electron chi connectivity index (χ1n) is 9.10. The first-order chi connectivity index (χ1) is 13.0. The summed E-state index contributed by atoms with van der Waals surface area (Å²) in [6, 6.07) is 14.5. The predicted octanol–water partition coefficient (Wildman–Crippen LogP) is 4.96. The lowest BCUT2D eigenvalue weighted by Gasteiger charge is -2.30. The molecule has 0 saturated carbocycles. The molecule has 27 heavy (non-hydrogen) atoms. The maximum Gasteiger partial charge on any atom is 0.237 e. The Morgan fingerprint density at radius 1 is 1.26 bits per heavy atom. The van der Waals surface area contributed by atoms with E-state index in [0.29, 0.717) is 23.7 Å². The number of carbonyl (C=O) groups excluding carboxylic acids is 1. The van der Waals surface area contributed by atoms with Crippen LogP contribution >= 0.6 is 23.4 Å². The van der Waals surface area contributed by atoms with Crippen LogP contribution in [0, 0.1) is 5.82 Å². The first kappa shape index (κ1) is 20.2. The summed E-state index contributed by atoms with van der Waals surface area (Å²) in [5.41, 5.74) is 1.58. The van der Waals surface area contributed by atoms with Gasteiger partial charge in [-0.15, -0.1) is 11.8 Å². The quantitative estimate of drug-likeness (QED) is 0.677. The number of halogens is 2. The second kappa shape index (κ2) is 9.09. The van der Waals surface area contributed by atoms with E-state index in [4.69, 9.17) is 11.6 Å². The van der Waals surface area contributed by atoms with Crippen LogP contribution in [0.3, 0.4) is 0 Å². The molecular formula is C21H24ClFN2OS. The second-order valence-electron chi connectivity index (χ2n) is 6.92. The Kier molecular flexibility index (Phi) is 6.79. The molecule has 0 spiro atoms. The summed E-state index contributed by atoms with van der Waals surface area (Å²) in [4.78, 5) is 17.0. The van der Waals surface area contributed by atoms with Gasteiger partial charge in [-0.3, -0.25) is 9.69 Å². The van der Waals surface area contributed by atoms with E-state index < -0.39 is 0 Å². The maximum absolute atomic E-state index is 14.0. The number of carbonyl (C=O) groups is 1. The van der Waals surface area contributed by atoms with Crippen LogP contribution in [0.4, 0.5) is 4.39 Å². The molecule has 0 radical (unpaired) electrons. The zero-order valence-corrected chi connectivity index (χ0v) is 17.1. The van der Waals surface area contributed by atoms with Gasteiger partial charge in [0.2, 0.25) is 5.91 Å². The Bertz CT molecular complexity index is 801. The summed E-state index contributed by atoms with van der Waals surface area (Å²) in [5, 5.41) is 0.621. The van der Waals surface area contributed by atoms with Crippen molar-refractivity contribution in [3.8, 4) is 0 Å². The molecule has 1 amide bonds. The third-order valence-corrected chi connectivity index (χ3v) is 6.37.